The molecule has 0 aromatic rings. The van der Waals surface area contributed by atoms with Crippen LogP contribution in [0.2, 0.25) is 16.6 Å². The van der Waals surface area contributed by atoms with Crippen LogP contribution in [0, 0.1) is 0 Å². The van der Waals surface area contributed by atoms with Gasteiger partial charge in [-0.2, -0.15) is 0 Å². The normalized spacial score (nSPS) is 15.5. The molecule has 1 N–H and O–H groups in total. The van der Waals surface area contributed by atoms with Crippen LogP contribution in [0.4, 0.5) is 0 Å². The number of hydrogen-bond acceptors (Lipinski definition) is 1. The van der Waals surface area contributed by atoms with Gasteiger partial charge in [0.15, 0.2) is 0 Å². The molecule has 0 heterocycles. The summed E-state index contributed by atoms with van der Waals surface area (Å²) in [6.45, 7) is 15.2. The highest BCUT2D eigenvalue weighted by Crippen LogP contribution is 2.44. The zero-order valence-corrected chi connectivity index (χ0v) is 13.4. The zero-order chi connectivity index (χ0) is 13.8. The molecular formula is C14H28O2Si. The van der Waals surface area contributed by atoms with Gasteiger partial charge in [-0.1, -0.05) is 53.7 Å². The Morgan fingerprint density at radius 2 is 1.59 bits per heavy atom. The fourth-order valence-corrected chi connectivity index (χ4v) is 9.21. The van der Waals surface area contributed by atoms with E-state index in [4.69, 9.17) is 5.11 Å². The number of carbonyl (C=O) groups is 1. The van der Waals surface area contributed by atoms with E-state index in [1.165, 1.54) is 0 Å². The molecule has 0 spiro atoms. The highest BCUT2D eigenvalue weighted by molar-refractivity contribution is 6.88. The summed E-state index contributed by atoms with van der Waals surface area (Å²) >= 11 is 0. The molecule has 0 amide bonds. The van der Waals surface area contributed by atoms with Gasteiger partial charge >= 0.3 is 5.97 Å². The number of aliphatic carboxylic acids is 1. The van der Waals surface area contributed by atoms with Crippen molar-refractivity contribution in [1.29, 1.82) is 0 Å². The number of carboxylic acids is 1. The average molecular weight is 256 g/mol. The van der Waals surface area contributed by atoms with Gasteiger partial charge in [-0.05, 0) is 23.5 Å². The number of rotatable bonds is 6. The summed E-state index contributed by atoms with van der Waals surface area (Å²) in [7, 11) is -1.72. The Bertz CT molecular complexity index is 285. The van der Waals surface area contributed by atoms with E-state index in [1.807, 2.05) is 0 Å². The van der Waals surface area contributed by atoms with Crippen LogP contribution in [0.25, 0.3) is 0 Å². The maximum Gasteiger partial charge on any atom is 0.330 e. The van der Waals surface area contributed by atoms with Crippen molar-refractivity contribution >= 4 is 14.0 Å². The van der Waals surface area contributed by atoms with Crippen molar-refractivity contribution < 1.29 is 9.90 Å². The predicted octanol–water partition coefficient (Wildman–Crippen LogP) is 4.63. The summed E-state index contributed by atoms with van der Waals surface area (Å²) in [6.07, 6.45) is 1.13. The van der Waals surface area contributed by atoms with E-state index in [1.54, 1.807) is 6.92 Å². The summed E-state index contributed by atoms with van der Waals surface area (Å²) in [5.74, 6) is -0.772. The molecule has 0 aliphatic rings. The van der Waals surface area contributed by atoms with Crippen LogP contribution in [0.3, 0.4) is 0 Å². The van der Waals surface area contributed by atoms with Crippen molar-refractivity contribution in [2.75, 3.05) is 0 Å². The van der Waals surface area contributed by atoms with Crippen LogP contribution in [0.15, 0.2) is 11.3 Å². The van der Waals surface area contributed by atoms with Crippen LogP contribution in [-0.2, 0) is 4.79 Å². The van der Waals surface area contributed by atoms with Crippen LogP contribution >= 0.6 is 0 Å². The van der Waals surface area contributed by atoms with Crippen molar-refractivity contribution in [2.24, 2.45) is 0 Å². The zero-order valence-electron chi connectivity index (χ0n) is 12.4. The molecule has 100 valence electrons. The quantitative estimate of drug-likeness (QED) is 0.556. The Morgan fingerprint density at radius 3 is 1.82 bits per heavy atom. The van der Waals surface area contributed by atoms with Crippen LogP contribution in [0.1, 0.15) is 54.9 Å². The summed E-state index contributed by atoms with van der Waals surface area (Å²) in [5.41, 5.74) is 4.44. The largest absolute Gasteiger partial charge is 0.478 e. The Labute approximate surface area is 107 Å². The first-order valence-electron chi connectivity index (χ1n) is 6.62. The Hall–Kier alpha value is -0.573. The molecule has 2 nitrogen and oxygen atoms in total. The maximum atomic E-state index is 11.1. The smallest absolute Gasteiger partial charge is 0.330 e. The summed E-state index contributed by atoms with van der Waals surface area (Å²) in [4.78, 5) is 11.1. The molecule has 0 rings (SSSR count). The van der Waals surface area contributed by atoms with Crippen molar-refractivity contribution in [2.45, 2.75) is 71.5 Å². The van der Waals surface area contributed by atoms with Gasteiger partial charge in [0.2, 0.25) is 0 Å². The molecule has 0 fully saturated rings. The lowest BCUT2D eigenvalue weighted by Gasteiger charge is -2.42. The molecule has 0 saturated heterocycles. The fourth-order valence-electron chi connectivity index (χ4n) is 3.07. The van der Waals surface area contributed by atoms with E-state index in [9.17, 15) is 4.79 Å². The Morgan fingerprint density at radius 1 is 1.18 bits per heavy atom. The fraction of sp³-hybridized carbons (Fsp3) is 0.786. The maximum absolute atomic E-state index is 11.1. The van der Waals surface area contributed by atoms with E-state index >= 15 is 0 Å². The minimum Gasteiger partial charge on any atom is -0.478 e. The molecular weight excluding hydrogens is 228 g/mol. The van der Waals surface area contributed by atoms with E-state index in [-0.39, 0.29) is 0 Å². The third-order valence-electron chi connectivity index (χ3n) is 4.27. The van der Waals surface area contributed by atoms with Crippen LogP contribution in [0.5, 0.6) is 0 Å². The lowest BCUT2D eigenvalue weighted by atomic mass is 10.4. The standard InChI is InChI=1S/C14H28O2Si/c1-8-13(7)17(10(2)3,11(4)5)9-12(6)14(15)16/h9-11,13H,8H2,1-7H3,(H,15,16)/b12-9+. The third kappa shape index (κ3) is 3.44. The van der Waals surface area contributed by atoms with Gasteiger partial charge in [0.05, 0.1) is 8.07 Å². The summed E-state index contributed by atoms with van der Waals surface area (Å²) in [5, 5.41) is 9.12. The van der Waals surface area contributed by atoms with E-state index < -0.39 is 14.0 Å². The lowest BCUT2D eigenvalue weighted by Crippen LogP contribution is -2.44. The van der Waals surface area contributed by atoms with Gasteiger partial charge in [0.1, 0.15) is 0 Å². The van der Waals surface area contributed by atoms with E-state index in [0.717, 1.165) is 6.42 Å². The Balaban J connectivity index is 5.65. The lowest BCUT2D eigenvalue weighted by molar-refractivity contribution is -0.132. The first-order valence-corrected chi connectivity index (χ1v) is 8.93. The van der Waals surface area contributed by atoms with Crippen molar-refractivity contribution in [3.8, 4) is 0 Å². The van der Waals surface area contributed by atoms with Crippen LogP contribution < -0.4 is 0 Å². The molecule has 3 heteroatoms. The van der Waals surface area contributed by atoms with Crippen molar-refractivity contribution in [3.05, 3.63) is 11.3 Å². The molecule has 1 unspecified atom stereocenters. The number of hydrogen-bond donors (Lipinski definition) is 1. The van der Waals surface area contributed by atoms with E-state index in [0.29, 0.717) is 22.2 Å². The first kappa shape index (κ1) is 16.4. The number of carboxylic acid groups (broad SMARTS) is 1. The van der Waals surface area contributed by atoms with Crippen molar-refractivity contribution in [1.82, 2.24) is 0 Å². The first-order chi connectivity index (χ1) is 7.70. The van der Waals surface area contributed by atoms with Gasteiger partial charge in [0.25, 0.3) is 0 Å². The summed E-state index contributed by atoms with van der Waals surface area (Å²) < 4.78 is 0. The second-order valence-electron chi connectivity index (χ2n) is 5.75. The monoisotopic (exact) mass is 256 g/mol. The molecule has 0 aliphatic heterocycles. The molecule has 17 heavy (non-hydrogen) atoms. The highest BCUT2D eigenvalue weighted by atomic mass is 28.3. The molecule has 0 aromatic carbocycles. The summed E-state index contributed by atoms with van der Waals surface area (Å²) in [6, 6.07) is 0. The average Bonchev–Trinajstić information content (AvgIpc) is 2.23. The SMILES string of the molecule is CCC(C)[Si](/C=C(\C)C(=O)O)(C(C)C)C(C)C. The minimum absolute atomic E-state index is 0.527. The molecule has 0 aromatic heterocycles. The second kappa shape index (κ2) is 6.38. The van der Waals surface area contributed by atoms with Gasteiger partial charge in [-0.25, -0.2) is 4.79 Å². The molecule has 1 atom stereocenters. The minimum atomic E-state index is -1.72. The molecule has 0 saturated carbocycles. The van der Waals surface area contributed by atoms with Crippen LogP contribution in [-0.4, -0.2) is 19.1 Å². The molecule has 0 bridgehead atoms. The van der Waals surface area contributed by atoms with Gasteiger partial charge < -0.3 is 5.11 Å². The third-order valence-corrected chi connectivity index (χ3v) is 11.3. The van der Waals surface area contributed by atoms with Gasteiger partial charge in [-0.15, -0.1) is 0 Å². The van der Waals surface area contributed by atoms with Gasteiger partial charge in [0, 0.05) is 5.57 Å². The van der Waals surface area contributed by atoms with Crippen molar-refractivity contribution in [3.63, 3.8) is 0 Å². The predicted molar refractivity (Wildman–Crippen MR) is 77.1 cm³/mol. The Kier molecular flexibility index (Phi) is 6.17. The topological polar surface area (TPSA) is 37.3 Å². The molecule has 0 radical (unpaired) electrons. The van der Waals surface area contributed by atoms with Gasteiger partial charge in [-0.3, -0.25) is 0 Å². The van der Waals surface area contributed by atoms with E-state index in [2.05, 4.69) is 47.2 Å². The molecule has 0 aliphatic carbocycles. The second-order valence-corrected chi connectivity index (χ2v) is 11.3. The highest BCUT2D eigenvalue weighted by Gasteiger charge is 2.42.